The highest BCUT2D eigenvalue weighted by Gasteiger charge is 2.66. The number of aliphatic carboxylic acids is 1. The van der Waals surface area contributed by atoms with Crippen LogP contribution in [0.25, 0.3) is 0 Å². The molecule has 11 nitrogen and oxygen atoms in total. The fourth-order valence-corrected chi connectivity index (χ4v) is 5.34. The zero-order valence-electron chi connectivity index (χ0n) is 25.7. The van der Waals surface area contributed by atoms with E-state index in [1.54, 1.807) is 0 Å². The summed E-state index contributed by atoms with van der Waals surface area (Å²) in [6.07, 6.45) is 6.14. The van der Waals surface area contributed by atoms with Gasteiger partial charge in [0.2, 0.25) is 5.91 Å². The molecule has 0 aliphatic carbocycles. The molecule has 43 heavy (non-hydrogen) atoms. The number of aliphatic hydroxyl groups excluding tert-OH is 4. The molecule has 8 N–H and O–H groups in total. The van der Waals surface area contributed by atoms with Crippen LogP contribution in [0, 0.1) is 0 Å². The van der Waals surface area contributed by atoms with Crippen molar-refractivity contribution in [2.24, 2.45) is 5.73 Å². The summed E-state index contributed by atoms with van der Waals surface area (Å²) in [5, 5.41) is 59.1. The van der Waals surface area contributed by atoms with Crippen LogP contribution < -0.4 is 5.73 Å². The van der Waals surface area contributed by atoms with Crippen molar-refractivity contribution >= 4 is 11.9 Å². The van der Waals surface area contributed by atoms with E-state index in [1.807, 2.05) is 0 Å². The largest absolute Gasteiger partial charge is 0.480 e. The number of unbranched alkanes of at least 4 members (excludes halogenated alkanes) is 13. The number of nitrogens with two attached hydrogens (primary N) is 1. The number of carboxylic acids is 1. The van der Waals surface area contributed by atoms with E-state index in [0.29, 0.717) is 6.42 Å². The van der Waals surface area contributed by atoms with E-state index in [2.05, 4.69) is 6.92 Å². The van der Waals surface area contributed by atoms with E-state index in [0.717, 1.165) is 30.6 Å². The number of alkyl halides is 2. The van der Waals surface area contributed by atoms with Gasteiger partial charge in [0.1, 0.15) is 30.5 Å². The first kappa shape index (κ1) is 39.5. The molecule has 1 rings (SSSR count). The Bertz CT molecular complexity index is 793. The first-order valence-corrected chi connectivity index (χ1v) is 16.0. The monoisotopic (exact) mass is 626 g/mol. The molecule has 0 radical (unpaired) electrons. The van der Waals surface area contributed by atoms with Gasteiger partial charge in [0.05, 0.1) is 13.2 Å². The van der Waals surface area contributed by atoms with Crippen LogP contribution in [0.5, 0.6) is 0 Å². The fraction of sp³-hybridized carbons (Fsp3) is 0.933. The lowest BCUT2D eigenvalue weighted by atomic mass is 9.88. The van der Waals surface area contributed by atoms with Gasteiger partial charge in [0, 0.05) is 13.0 Å². The van der Waals surface area contributed by atoms with E-state index < -0.39 is 67.2 Å². The van der Waals surface area contributed by atoms with Gasteiger partial charge in [-0.15, -0.1) is 0 Å². The second-order valence-electron chi connectivity index (χ2n) is 11.9. The Kier molecular flexibility index (Phi) is 18.9. The van der Waals surface area contributed by atoms with Crippen LogP contribution in [0.4, 0.5) is 8.78 Å². The zero-order valence-corrected chi connectivity index (χ0v) is 25.7. The highest BCUT2D eigenvalue weighted by Crippen LogP contribution is 2.40. The molecular weight excluding hydrogens is 570 g/mol. The number of hydrogen-bond acceptors (Lipinski definition) is 9. The molecule has 0 saturated carbocycles. The van der Waals surface area contributed by atoms with Crippen LogP contribution in [0.2, 0.25) is 0 Å². The summed E-state index contributed by atoms with van der Waals surface area (Å²) in [4.78, 5) is 24.8. The maximum Gasteiger partial charge on any atom is 0.320 e. The second-order valence-corrected chi connectivity index (χ2v) is 11.9. The molecule has 1 amide bonds. The quantitative estimate of drug-likeness (QED) is 0.0783. The van der Waals surface area contributed by atoms with Gasteiger partial charge >= 0.3 is 11.9 Å². The first-order valence-electron chi connectivity index (χ1n) is 16.0. The minimum Gasteiger partial charge on any atom is -0.480 e. The Morgan fingerprint density at radius 3 is 1.88 bits per heavy atom. The predicted octanol–water partition coefficient (Wildman–Crippen LogP) is 2.68. The molecule has 1 aliphatic heterocycles. The standard InChI is InChI=1S/C30H56F2N2O9/c1-2-3-4-5-6-7-8-9-10-11-12-13-14-18-24(36)34(19-16-15-17-22(33)28(40)41)21-29(31,32)30(42)27(39)26(38)25(37)23(20-35)43-30/h22-23,25-27,35,37-39,42H,2-21,33H2,1H3,(H,40,41)/t22-,23+,25-,26-,27+,30+/m0/s1. The highest BCUT2D eigenvalue weighted by atomic mass is 19.3. The molecule has 0 aromatic rings. The summed E-state index contributed by atoms with van der Waals surface area (Å²) in [5.74, 6) is -9.83. The van der Waals surface area contributed by atoms with Crippen molar-refractivity contribution in [3.8, 4) is 0 Å². The van der Waals surface area contributed by atoms with E-state index in [-0.39, 0.29) is 32.2 Å². The third kappa shape index (κ3) is 13.2. The Morgan fingerprint density at radius 2 is 1.40 bits per heavy atom. The topological polar surface area (TPSA) is 194 Å². The van der Waals surface area contributed by atoms with Crippen LogP contribution in [-0.2, 0) is 14.3 Å². The number of carboxylic acid groups (broad SMARTS) is 1. The number of carbonyl (C=O) groups excluding carboxylic acids is 1. The van der Waals surface area contributed by atoms with E-state index in [9.17, 15) is 35.1 Å². The number of amides is 1. The molecule has 254 valence electrons. The van der Waals surface area contributed by atoms with Gasteiger partial charge in [-0.05, 0) is 25.7 Å². The van der Waals surface area contributed by atoms with Gasteiger partial charge in [-0.1, -0.05) is 84.0 Å². The normalized spacial score (nSPS) is 25.0. The molecule has 1 aliphatic rings. The van der Waals surface area contributed by atoms with Crippen LogP contribution in [-0.4, -0.2) is 109 Å². The second kappa shape index (κ2) is 20.5. The van der Waals surface area contributed by atoms with Crippen molar-refractivity contribution in [1.82, 2.24) is 4.90 Å². The lowest BCUT2D eigenvalue weighted by Crippen LogP contribution is -2.73. The molecule has 0 spiro atoms. The van der Waals surface area contributed by atoms with Crippen LogP contribution in [0.3, 0.4) is 0 Å². The Balaban J connectivity index is 2.66. The van der Waals surface area contributed by atoms with Crippen molar-refractivity contribution in [1.29, 1.82) is 0 Å². The average Bonchev–Trinajstić information content (AvgIpc) is 2.97. The smallest absolute Gasteiger partial charge is 0.320 e. The van der Waals surface area contributed by atoms with Gasteiger partial charge in [0.15, 0.2) is 0 Å². The molecule has 6 atom stereocenters. The Morgan fingerprint density at radius 1 is 0.884 bits per heavy atom. The lowest BCUT2D eigenvalue weighted by Gasteiger charge is -2.48. The molecule has 1 heterocycles. The molecule has 0 aromatic heterocycles. The van der Waals surface area contributed by atoms with E-state index >= 15 is 8.78 Å². The summed E-state index contributed by atoms with van der Waals surface area (Å²) in [6.45, 7) is -0.383. The van der Waals surface area contributed by atoms with Crippen molar-refractivity contribution < 1.29 is 53.7 Å². The highest BCUT2D eigenvalue weighted by molar-refractivity contribution is 5.76. The maximum absolute atomic E-state index is 15.5. The SMILES string of the molecule is CCCCCCCCCCCCCCCC(=O)N(CCCC[C@H](N)C(=O)O)CC(F)(F)[C@]1(O)O[C@H](CO)[C@H](O)[C@H](O)[C@H]1O. The van der Waals surface area contributed by atoms with Crippen LogP contribution >= 0.6 is 0 Å². The van der Waals surface area contributed by atoms with Crippen LogP contribution in [0.1, 0.15) is 116 Å². The molecule has 1 saturated heterocycles. The third-order valence-corrected chi connectivity index (χ3v) is 8.24. The number of nitrogens with zero attached hydrogens (tertiary/aromatic N) is 1. The van der Waals surface area contributed by atoms with Gasteiger partial charge < -0.3 is 46.0 Å². The average molecular weight is 627 g/mol. The Labute approximate surface area is 254 Å². The van der Waals surface area contributed by atoms with Gasteiger partial charge in [-0.25, -0.2) is 0 Å². The van der Waals surface area contributed by atoms with Gasteiger partial charge in [-0.2, -0.15) is 8.78 Å². The summed E-state index contributed by atoms with van der Waals surface area (Å²) < 4.78 is 35.8. The van der Waals surface area contributed by atoms with E-state index in [1.165, 1.54) is 51.4 Å². The lowest BCUT2D eigenvalue weighted by molar-refractivity contribution is -0.411. The summed E-state index contributed by atoms with van der Waals surface area (Å²) in [7, 11) is 0. The summed E-state index contributed by atoms with van der Waals surface area (Å²) >= 11 is 0. The van der Waals surface area contributed by atoms with Gasteiger partial charge in [0.25, 0.3) is 5.79 Å². The zero-order chi connectivity index (χ0) is 32.5. The summed E-state index contributed by atoms with van der Waals surface area (Å²) in [6, 6.07) is -1.13. The first-order chi connectivity index (χ1) is 20.3. The van der Waals surface area contributed by atoms with Crippen molar-refractivity contribution in [2.45, 2.75) is 158 Å². The third-order valence-electron chi connectivity index (χ3n) is 8.24. The fourth-order valence-electron chi connectivity index (χ4n) is 5.34. The molecule has 0 aromatic carbocycles. The number of carbonyl (C=O) groups is 2. The molecular formula is C30H56F2N2O9. The summed E-state index contributed by atoms with van der Waals surface area (Å²) in [5.41, 5.74) is 5.50. The van der Waals surface area contributed by atoms with Crippen molar-refractivity contribution in [3.05, 3.63) is 0 Å². The van der Waals surface area contributed by atoms with Crippen molar-refractivity contribution in [3.63, 3.8) is 0 Å². The van der Waals surface area contributed by atoms with Crippen molar-refractivity contribution in [2.75, 3.05) is 19.7 Å². The molecule has 0 unspecified atom stereocenters. The minimum atomic E-state index is -4.32. The number of rotatable bonds is 24. The number of aliphatic hydroxyl groups is 5. The van der Waals surface area contributed by atoms with E-state index in [4.69, 9.17) is 15.6 Å². The Hall–Kier alpha value is -1.48. The minimum absolute atomic E-state index is 0.0229. The van der Waals surface area contributed by atoms with Crippen LogP contribution in [0.15, 0.2) is 0 Å². The van der Waals surface area contributed by atoms with Gasteiger partial charge in [-0.3, -0.25) is 9.59 Å². The maximum atomic E-state index is 15.5. The molecule has 1 fully saturated rings. The number of halogens is 2. The number of ether oxygens (including phenoxy) is 1. The molecule has 0 bridgehead atoms. The molecule has 13 heteroatoms. The predicted molar refractivity (Wildman–Crippen MR) is 156 cm³/mol. The number of hydrogen-bond donors (Lipinski definition) is 7.